The number of aromatic nitrogens is 1. The first-order valence-corrected chi connectivity index (χ1v) is 12.1. The molecule has 0 unspecified atom stereocenters. The molecular weight excluding hydrogens is 443 g/mol. The van der Waals surface area contributed by atoms with E-state index in [1.54, 1.807) is 24.3 Å². The lowest BCUT2D eigenvalue weighted by Gasteiger charge is -2.18. The van der Waals surface area contributed by atoms with Gasteiger partial charge in [0.25, 0.3) is 10.0 Å². The number of hydrogen-bond donors (Lipinski definition) is 1. The number of halogens is 1. The minimum atomic E-state index is -4.05. The van der Waals surface area contributed by atoms with Gasteiger partial charge in [0, 0.05) is 12.3 Å². The number of amides is 1. The number of hydrogen-bond acceptors (Lipinski definition) is 5. The number of nitrogens with zero attached hydrogens (tertiary/aromatic N) is 1. The zero-order valence-corrected chi connectivity index (χ0v) is 19.9. The molecule has 0 saturated carbocycles. The third kappa shape index (κ3) is 5.76. The van der Waals surface area contributed by atoms with E-state index in [0.717, 1.165) is 5.56 Å². The van der Waals surface area contributed by atoms with Crippen LogP contribution < -0.4 is 9.46 Å². The van der Waals surface area contributed by atoms with Gasteiger partial charge in [0.05, 0.1) is 18.4 Å². The summed E-state index contributed by atoms with van der Waals surface area (Å²) in [6, 6.07) is 12.5. The summed E-state index contributed by atoms with van der Waals surface area (Å²) in [5.74, 6) is -0.897. The normalized spacial score (nSPS) is 11.5. The van der Waals surface area contributed by atoms with Crippen LogP contribution in [0.4, 0.5) is 4.39 Å². The van der Waals surface area contributed by atoms with Crippen molar-refractivity contribution in [3.8, 4) is 17.0 Å². The van der Waals surface area contributed by atoms with Crippen molar-refractivity contribution in [3.05, 3.63) is 77.2 Å². The number of ether oxygens (including phenoxy) is 1. The van der Waals surface area contributed by atoms with Crippen LogP contribution in [0.5, 0.6) is 5.88 Å². The molecule has 1 N–H and O–H groups in total. The number of benzene rings is 2. The molecule has 0 aliphatic heterocycles. The van der Waals surface area contributed by atoms with E-state index in [0.29, 0.717) is 34.6 Å². The van der Waals surface area contributed by atoms with Gasteiger partial charge in [-0.2, -0.15) is 0 Å². The highest BCUT2D eigenvalue weighted by molar-refractivity contribution is 7.90. The SMILES string of the molecule is CCc1cccc(S(=O)(=O)NC(=O)Cc2c(-c3ccnc(OC)c3)cc(F)cc2C(C)C)c1. The molecule has 1 aromatic heterocycles. The predicted molar refractivity (Wildman–Crippen MR) is 125 cm³/mol. The molecule has 0 radical (unpaired) electrons. The van der Waals surface area contributed by atoms with Gasteiger partial charge in [0.15, 0.2) is 0 Å². The Hall–Kier alpha value is -3.26. The van der Waals surface area contributed by atoms with Gasteiger partial charge in [0.2, 0.25) is 11.8 Å². The summed E-state index contributed by atoms with van der Waals surface area (Å²) in [6.45, 7) is 5.70. The number of rotatable bonds is 8. The van der Waals surface area contributed by atoms with Crippen molar-refractivity contribution in [1.82, 2.24) is 9.71 Å². The summed E-state index contributed by atoms with van der Waals surface area (Å²) in [7, 11) is -2.57. The van der Waals surface area contributed by atoms with E-state index in [1.807, 2.05) is 26.8 Å². The van der Waals surface area contributed by atoms with Gasteiger partial charge in [0.1, 0.15) is 5.82 Å². The molecule has 0 fully saturated rings. The molecule has 8 heteroatoms. The topological polar surface area (TPSA) is 85.4 Å². The highest BCUT2D eigenvalue weighted by Crippen LogP contribution is 2.33. The van der Waals surface area contributed by atoms with Crippen molar-refractivity contribution >= 4 is 15.9 Å². The molecule has 174 valence electrons. The molecule has 0 aliphatic carbocycles. The average Bonchev–Trinajstić information content (AvgIpc) is 2.79. The highest BCUT2D eigenvalue weighted by atomic mass is 32.2. The van der Waals surface area contributed by atoms with Crippen LogP contribution in [0, 0.1) is 5.82 Å². The molecule has 0 aliphatic rings. The molecule has 1 heterocycles. The van der Waals surface area contributed by atoms with Gasteiger partial charge < -0.3 is 4.74 Å². The van der Waals surface area contributed by atoms with Crippen LogP contribution in [0.3, 0.4) is 0 Å². The summed E-state index contributed by atoms with van der Waals surface area (Å²) < 4.78 is 47.4. The number of carbonyl (C=O) groups is 1. The highest BCUT2D eigenvalue weighted by Gasteiger charge is 2.22. The van der Waals surface area contributed by atoms with Crippen molar-refractivity contribution in [2.24, 2.45) is 0 Å². The van der Waals surface area contributed by atoms with Gasteiger partial charge in [-0.05, 0) is 70.5 Å². The largest absolute Gasteiger partial charge is 0.481 e. The molecule has 3 rings (SSSR count). The Morgan fingerprint density at radius 1 is 1.15 bits per heavy atom. The fourth-order valence-electron chi connectivity index (χ4n) is 3.65. The minimum absolute atomic E-state index is 0.0254. The van der Waals surface area contributed by atoms with Crippen molar-refractivity contribution in [1.29, 1.82) is 0 Å². The molecule has 3 aromatic rings. The lowest BCUT2D eigenvalue weighted by Crippen LogP contribution is -2.32. The third-order valence-corrected chi connectivity index (χ3v) is 6.70. The number of pyridine rings is 1. The van der Waals surface area contributed by atoms with Gasteiger partial charge in [-0.1, -0.05) is 32.9 Å². The standard InChI is InChI=1S/C25H27FN2O4S/c1-5-17-7-6-8-20(11-17)33(30,31)28-24(29)15-23-21(16(2)3)13-19(26)14-22(23)18-9-10-27-25(12-18)32-4/h6-14,16H,5,15H2,1-4H3,(H,28,29). The zero-order valence-electron chi connectivity index (χ0n) is 19.1. The van der Waals surface area contributed by atoms with Gasteiger partial charge in [-0.15, -0.1) is 0 Å². The van der Waals surface area contributed by atoms with Crippen molar-refractivity contribution in [2.45, 2.75) is 44.4 Å². The van der Waals surface area contributed by atoms with E-state index in [2.05, 4.69) is 9.71 Å². The lowest BCUT2D eigenvalue weighted by atomic mass is 9.88. The molecular formula is C25H27FN2O4S. The Morgan fingerprint density at radius 2 is 1.91 bits per heavy atom. The molecule has 0 bridgehead atoms. The first-order chi connectivity index (χ1) is 15.6. The van der Waals surface area contributed by atoms with E-state index in [1.165, 1.54) is 31.5 Å². The van der Waals surface area contributed by atoms with E-state index < -0.39 is 21.7 Å². The minimum Gasteiger partial charge on any atom is -0.481 e. The quantitative estimate of drug-likeness (QED) is 0.519. The second-order valence-electron chi connectivity index (χ2n) is 7.97. The maximum absolute atomic E-state index is 14.5. The Bertz CT molecular complexity index is 1270. The summed E-state index contributed by atoms with van der Waals surface area (Å²) in [5.41, 5.74) is 3.13. The predicted octanol–water partition coefficient (Wildman–Crippen LogP) is 4.63. The Morgan fingerprint density at radius 3 is 2.58 bits per heavy atom. The third-order valence-electron chi connectivity index (χ3n) is 5.33. The van der Waals surface area contributed by atoms with E-state index >= 15 is 0 Å². The lowest BCUT2D eigenvalue weighted by molar-refractivity contribution is -0.118. The Kier molecular flexibility index (Phi) is 7.48. The summed E-state index contributed by atoms with van der Waals surface area (Å²) >= 11 is 0. The molecule has 2 aromatic carbocycles. The maximum atomic E-state index is 14.5. The number of carbonyl (C=O) groups excluding carboxylic acids is 1. The van der Waals surface area contributed by atoms with Crippen LogP contribution in [-0.4, -0.2) is 26.4 Å². The first-order valence-electron chi connectivity index (χ1n) is 10.6. The van der Waals surface area contributed by atoms with Crippen LogP contribution >= 0.6 is 0 Å². The molecule has 1 amide bonds. The summed E-state index contributed by atoms with van der Waals surface area (Å²) in [5, 5.41) is 0. The van der Waals surface area contributed by atoms with Crippen molar-refractivity contribution in [3.63, 3.8) is 0 Å². The first kappa shape index (κ1) is 24.4. The number of aryl methyl sites for hydroxylation is 1. The van der Waals surface area contributed by atoms with E-state index in [4.69, 9.17) is 4.74 Å². The summed E-state index contributed by atoms with van der Waals surface area (Å²) in [4.78, 5) is 17.0. The van der Waals surface area contributed by atoms with Gasteiger partial charge in [-0.25, -0.2) is 22.5 Å². The monoisotopic (exact) mass is 470 g/mol. The van der Waals surface area contributed by atoms with Crippen LogP contribution in [0.2, 0.25) is 0 Å². The number of sulfonamides is 1. The fraction of sp³-hybridized carbons (Fsp3) is 0.280. The smallest absolute Gasteiger partial charge is 0.264 e. The average molecular weight is 471 g/mol. The van der Waals surface area contributed by atoms with Gasteiger partial charge >= 0.3 is 0 Å². The second kappa shape index (κ2) is 10.1. The number of nitrogens with one attached hydrogen (secondary N) is 1. The summed E-state index contributed by atoms with van der Waals surface area (Å²) in [6.07, 6.45) is 1.97. The van der Waals surface area contributed by atoms with Crippen molar-refractivity contribution in [2.75, 3.05) is 7.11 Å². The fourth-order valence-corrected chi connectivity index (χ4v) is 4.71. The molecule has 0 atom stereocenters. The zero-order chi connectivity index (χ0) is 24.2. The molecule has 6 nitrogen and oxygen atoms in total. The van der Waals surface area contributed by atoms with Crippen LogP contribution in [0.15, 0.2) is 59.6 Å². The van der Waals surface area contributed by atoms with Crippen molar-refractivity contribution < 1.29 is 22.3 Å². The van der Waals surface area contributed by atoms with Crippen LogP contribution in [0.25, 0.3) is 11.1 Å². The molecule has 33 heavy (non-hydrogen) atoms. The maximum Gasteiger partial charge on any atom is 0.264 e. The molecule has 0 saturated heterocycles. The van der Waals surface area contributed by atoms with Crippen LogP contribution in [-0.2, 0) is 27.7 Å². The number of methoxy groups -OCH3 is 1. The van der Waals surface area contributed by atoms with E-state index in [-0.39, 0.29) is 17.2 Å². The Balaban J connectivity index is 2.00. The van der Waals surface area contributed by atoms with Gasteiger partial charge in [-0.3, -0.25) is 4.79 Å². The van der Waals surface area contributed by atoms with Crippen LogP contribution in [0.1, 0.15) is 43.4 Å². The second-order valence-corrected chi connectivity index (χ2v) is 9.65. The Labute approximate surface area is 193 Å². The van der Waals surface area contributed by atoms with E-state index in [9.17, 15) is 17.6 Å². The molecule has 0 spiro atoms.